The molecule has 4 rings (SSSR count). The van der Waals surface area contributed by atoms with Gasteiger partial charge in [0, 0.05) is 30.9 Å². The SMILES string of the molecule is CC(C)(OC(=O)/[C]=C/c1cnccc1N1C(=O)OC[C@H]1c1ccccc1)N1CCC1=O. The number of hydrogen-bond donors (Lipinski definition) is 0. The number of β-lactam (4-membered cyclic amide) rings is 1. The first-order valence-corrected chi connectivity index (χ1v) is 9.95. The molecule has 2 amide bonds. The van der Waals surface area contributed by atoms with Crippen molar-refractivity contribution < 1.29 is 23.9 Å². The minimum atomic E-state index is -1.05. The van der Waals surface area contributed by atoms with Gasteiger partial charge in [-0.25, -0.2) is 9.59 Å². The quantitative estimate of drug-likeness (QED) is 0.405. The minimum absolute atomic E-state index is 0.0594. The number of esters is 1. The third-order valence-corrected chi connectivity index (χ3v) is 5.33. The van der Waals surface area contributed by atoms with Crippen molar-refractivity contribution in [2.24, 2.45) is 0 Å². The predicted molar refractivity (Wildman–Crippen MR) is 111 cm³/mol. The number of nitrogens with zero attached hydrogens (tertiary/aromatic N) is 3. The molecule has 1 atom stereocenters. The summed E-state index contributed by atoms with van der Waals surface area (Å²) >= 11 is 0. The molecule has 8 nitrogen and oxygen atoms in total. The summed E-state index contributed by atoms with van der Waals surface area (Å²) in [6.07, 6.45) is 7.06. The van der Waals surface area contributed by atoms with Crippen molar-refractivity contribution in [3.05, 3.63) is 66.0 Å². The number of aromatic nitrogens is 1. The average Bonchev–Trinajstić information content (AvgIpc) is 3.12. The number of hydrogen-bond acceptors (Lipinski definition) is 6. The van der Waals surface area contributed by atoms with Crippen LogP contribution in [0.4, 0.5) is 10.5 Å². The maximum atomic E-state index is 12.5. The van der Waals surface area contributed by atoms with Crippen molar-refractivity contribution >= 4 is 29.7 Å². The minimum Gasteiger partial charge on any atom is -0.447 e. The predicted octanol–water partition coefficient (Wildman–Crippen LogP) is 3.11. The van der Waals surface area contributed by atoms with Crippen LogP contribution in [0.2, 0.25) is 0 Å². The standard InChI is InChI=1S/C23H22N3O5/c1-23(2,25-13-11-20(25)27)31-21(28)9-8-17-14-24-12-10-18(17)26-19(15-30-22(26)29)16-6-4-3-5-7-16/h3-8,10,12,14,19H,11,13,15H2,1-2H3/t19-/m0/s1. The molecule has 31 heavy (non-hydrogen) atoms. The van der Waals surface area contributed by atoms with E-state index in [-0.39, 0.29) is 18.6 Å². The van der Waals surface area contributed by atoms with Gasteiger partial charge >= 0.3 is 12.1 Å². The Morgan fingerprint density at radius 3 is 2.71 bits per heavy atom. The van der Waals surface area contributed by atoms with Crippen LogP contribution in [0, 0.1) is 6.08 Å². The molecular formula is C23H22N3O5. The van der Waals surface area contributed by atoms with E-state index in [2.05, 4.69) is 11.1 Å². The van der Waals surface area contributed by atoms with Crippen LogP contribution in [0.1, 0.15) is 37.4 Å². The summed E-state index contributed by atoms with van der Waals surface area (Å²) in [4.78, 5) is 43.6. The van der Waals surface area contributed by atoms with E-state index in [1.54, 1.807) is 31.0 Å². The second-order valence-corrected chi connectivity index (χ2v) is 7.73. The number of likely N-dealkylation sites (tertiary alicyclic amines) is 1. The molecule has 1 radical (unpaired) electrons. The number of cyclic esters (lactones) is 1. The van der Waals surface area contributed by atoms with Gasteiger partial charge in [-0.2, -0.15) is 0 Å². The van der Waals surface area contributed by atoms with Gasteiger partial charge in [0.2, 0.25) is 5.91 Å². The Hall–Kier alpha value is -3.68. The number of ether oxygens (including phenoxy) is 2. The third-order valence-electron chi connectivity index (χ3n) is 5.33. The summed E-state index contributed by atoms with van der Waals surface area (Å²) < 4.78 is 10.7. The maximum Gasteiger partial charge on any atom is 0.415 e. The van der Waals surface area contributed by atoms with Crippen LogP contribution in [-0.2, 0) is 19.1 Å². The lowest BCUT2D eigenvalue weighted by molar-refractivity contribution is -0.188. The first kappa shape index (κ1) is 20.6. The number of anilines is 1. The zero-order chi connectivity index (χ0) is 22.0. The molecule has 1 aromatic heterocycles. The van der Waals surface area contributed by atoms with Gasteiger partial charge in [-0.1, -0.05) is 30.3 Å². The molecule has 2 aromatic rings. The fraction of sp³-hybridized carbons (Fsp3) is 0.304. The van der Waals surface area contributed by atoms with E-state index < -0.39 is 17.8 Å². The Morgan fingerprint density at radius 2 is 2.03 bits per heavy atom. The van der Waals surface area contributed by atoms with E-state index in [9.17, 15) is 14.4 Å². The van der Waals surface area contributed by atoms with Crippen molar-refractivity contribution in [3.8, 4) is 0 Å². The lowest BCUT2D eigenvalue weighted by atomic mass is 10.1. The topological polar surface area (TPSA) is 89.0 Å². The highest BCUT2D eigenvalue weighted by molar-refractivity contribution is 5.94. The second kappa shape index (κ2) is 8.22. The molecule has 2 fully saturated rings. The van der Waals surface area contributed by atoms with Gasteiger partial charge < -0.3 is 14.4 Å². The number of carbonyl (C=O) groups excluding carboxylic acids is 3. The lowest BCUT2D eigenvalue weighted by Crippen LogP contribution is -2.57. The van der Waals surface area contributed by atoms with Crippen molar-refractivity contribution in [1.29, 1.82) is 0 Å². The molecule has 3 heterocycles. The summed E-state index contributed by atoms with van der Waals surface area (Å²) in [6.45, 7) is 4.08. The highest BCUT2D eigenvalue weighted by Crippen LogP contribution is 2.35. The zero-order valence-corrected chi connectivity index (χ0v) is 17.3. The van der Waals surface area contributed by atoms with E-state index in [1.165, 1.54) is 17.2 Å². The Labute approximate surface area is 180 Å². The van der Waals surface area contributed by atoms with Gasteiger partial charge in [-0.05, 0) is 31.6 Å². The first-order chi connectivity index (χ1) is 14.9. The molecule has 2 saturated heterocycles. The highest BCUT2D eigenvalue weighted by atomic mass is 16.6. The molecule has 0 aliphatic carbocycles. The monoisotopic (exact) mass is 420 g/mol. The number of amides is 2. The van der Waals surface area contributed by atoms with Gasteiger partial charge in [0.25, 0.3) is 0 Å². The Morgan fingerprint density at radius 1 is 1.26 bits per heavy atom. The van der Waals surface area contributed by atoms with Gasteiger partial charge in [0.15, 0.2) is 5.72 Å². The van der Waals surface area contributed by atoms with Crippen molar-refractivity contribution in [2.75, 3.05) is 18.1 Å². The largest absolute Gasteiger partial charge is 0.447 e. The molecule has 0 N–H and O–H groups in total. The molecule has 2 aliphatic rings. The van der Waals surface area contributed by atoms with E-state index in [4.69, 9.17) is 9.47 Å². The van der Waals surface area contributed by atoms with Crippen LogP contribution >= 0.6 is 0 Å². The van der Waals surface area contributed by atoms with E-state index in [0.717, 1.165) is 5.56 Å². The van der Waals surface area contributed by atoms with Crippen LogP contribution in [0.25, 0.3) is 6.08 Å². The van der Waals surface area contributed by atoms with Crippen LogP contribution in [0.5, 0.6) is 0 Å². The van der Waals surface area contributed by atoms with Crippen LogP contribution in [0.15, 0.2) is 48.8 Å². The summed E-state index contributed by atoms with van der Waals surface area (Å²) in [5, 5.41) is 0. The smallest absolute Gasteiger partial charge is 0.415 e. The lowest BCUT2D eigenvalue weighted by Gasteiger charge is -2.42. The summed E-state index contributed by atoms with van der Waals surface area (Å²) in [5.74, 6) is -0.779. The molecule has 159 valence electrons. The average molecular weight is 420 g/mol. The van der Waals surface area contributed by atoms with E-state index >= 15 is 0 Å². The number of rotatable bonds is 6. The normalized spacial score (nSPS) is 18.8. The molecule has 1 aromatic carbocycles. The Balaban J connectivity index is 1.55. The van der Waals surface area contributed by atoms with Crippen molar-refractivity contribution in [3.63, 3.8) is 0 Å². The van der Waals surface area contributed by atoms with Crippen LogP contribution in [0.3, 0.4) is 0 Å². The third kappa shape index (κ3) is 4.14. The van der Waals surface area contributed by atoms with Crippen LogP contribution < -0.4 is 4.90 Å². The van der Waals surface area contributed by atoms with Gasteiger partial charge in [0.1, 0.15) is 6.61 Å². The number of carbonyl (C=O) groups is 3. The van der Waals surface area contributed by atoms with Crippen molar-refractivity contribution in [2.45, 2.75) is 32.0 Å². The van der Waals surface area contributed by atoms with Crippen molar-refractivity contribution in [1.82, 2.24) is 9.88 Å². The Kier molecular flexibility index (Phi) is 5.46. The zero-order valence-electron chi connectivity index (χ0n) is 17.3. The highest BCUT2D eigenvalue weighted by Gasteiger charge is 2.39. The Bertz CT molecular complexity index is 1030. The van der Waals surface area contributed by atoms with E-state index in [1.807, 2.05) is 30.3 Å². The molecular weight excluding hydrogens is 398 g/mol. The maximum absolute atomic E-state index is 12.5. The van der Waals surface area contributed by atoms with E-state index in [0.29, 0.717) is 24.2 Å². The van der Waals surface area contributed by atoms with Gasteiger partial charge in [-0.3, -0.25) is 14.7 Å². The molecule has 2 aliphatic heterocycles. The molecule has 0 spiro atoms. The second-order valence-electron chi connectivity index (χ2n) is 7.73. The number of benzene rings is 1. The summed E-state index contributed by atoms with van der Waals surface area (Å²) in [5.41, 5.74) is 0.938. The fourth-order valence-corrected chi connectivity index (χ4v) is 3.67. The summed E-state index contributed by atoms with van der Waals surface area (Å²) in [6, 6.07) is 11.0. The van der Waals surface area contributed by atoms with Gasteiger partial charge in [-0.15, -0.1) is 0 Å². The van der Waals surface area contributed by atoms with Gasteiger partial charge in [0.05, 0.1) is 17.8 Å². The molecule has 0 unspecified atom stereocenters. The molecule has 0 saturated carbocycles. The molecule has 8 heteroatoms. The first-order valence-electron chi connectivity index (χ1n) is 9.95. The fourth-order valence-electron chi connectivity index (χ4n) is 3.67. The van der Waals surface area contributed by atoms with Crippen LogP contribution in [-0.4, -0.2) is 46.7 Å². The summed E-state index contributed by atoms with van der Waals surface area (Å²) in [7, 11) is 0. The number of pyridine rings is 1. The molecule has 0 bridgehead atoms.